The molecule has 0 saturated carbocycles. The molecule has 0 aromatic heterocycles. The molecule has 0 unspecified atom stereocenters. The smallest absolute Gasteiger partial charge is 0.339 e. The fourth-order valence-electron chi connectivity index (χ4n) is 1.58. The Bertz CT molecular complexity index is 613. The van der Waals surface area contributed by atoms with Gasteiger partial charge in [-0.05, 0) is 13.8 Å². The van der Waals surface area contributed by atoms with E-state index in [9.17, 15) is 49.5 Å². The van der Waals surface area contributed by atoms with E-state index < -0.39 is 61.9 Å². The van der Waals surface area contributed by atoms with Crippen LogP contribution >= 0.6 is 0 Å². The van der Waals surface area contributed by atoms with Gasteiger partial charge in [0.25, 0.3) is 0 Å². The first-order valence-corrected chi connectivity index (χ1v) is 7.67. The monoisotopic (exact) mass is 447 g/mol. The lowest BCUT2D eigenvalue weighted by molar-refractivity contribution is -0.500. The second kappa shape index (κ2) is 9.51. The van der Waals surface area contributed by atoms with Gasteiger partial charge < -0.3 is 15.5 Å². The van der Waals surface area contributed by atoms with Crippen LogP contribution in [0.1, 0.15) is 20.8 Å². The third-order valence-corrected chi connectivity index (χ3v) is 3.00. The standard InChI is InChI=1S/C13H17F8N3O5/c1-4-24(5-2)9(27)11(16,17)29-13(20,21)12(18,19)28-10(14,15)8(26)23-6-22-7(3)25/h4-6H2,1-3H3,(H,22,25)(H,23,26). The average Bonchev–Trinajstić information content (AvgIpc) is 2.53. The molecule has 0 aromatic rings. The van der Waals surface area contributed by atoms with Gasteiger partial charge in [-0.15, -0.1) is 0 Å². The lowest BCUT2D eigenvalue weighted by Crippen LogP contribution is -2.57. The van der Waals surface area contributed by atoms with Crippen molar-refractivity contribution < 1.29 is 59.0 Å². The van der Waals surface area contributed by atoms with Crippen LogP contribution in [0.5, 0.6) is 0 Å². The molecule has 0 spiro atoms. The third kappa shape index (κ3) is 7.26. The number of likely N-dealkylation sites (N-methyl/N-ethyl adjacent to an activating group) is 1. The SMILES string of the molecule is CCN(CC)C(=O)C(F)(F)OC(F)(F)C(F)(F)OC(F)(F)C(=O)NCNC(C)=O. The molecule has 0 aliphatic rings. The summed E-state index contributed by atoms with van der Waals surface area (Å²) in [5.74, 6) is -5.97. The first-order chi connectivity index (χ1) is 12.9. The van der Waals surface area contributed by atoms with Gasteiger partial charge in [0.15, 0.2) is 0 Å². The van der Waals surface area contributed by atoms with Crippen molar-refractivity contribution in [3.05, 3.63) is 0 Å². The summed E-state index contributed by atoms with van der Waals surface area (Å²) < 4.78 is 112. The van der Waals surface area contributed by atoms with Crippen LogP contribution < -0.4 is 10.6 Å². The number of nitrogens with zero attached hydrogens (tertiary/aromatic N) is 1. The van der Waals surface area contributed by atoms with Gasteiger partial charge in [0, 0.05) is 20.0 Å². The second-order valence-electron chi connectivity index (χ2n) is 5.16. The van der Waals surface area contributed by atoms with E-state index in [0.29, 0.717) is 0 Å². The van der Waals surface area contributed by atoms with E-state index in [1.54, 1.807) is 5.32 Å². The van der Waals surface area contributed by atoms with Crippen molar-refractivity contribution >= 4 is 17.7 Å². The van der Waals surface area contributed by atoms with E-state index >= 15 is 0 Å². The summed E-state index contributed by atoms with van der Waals surface area (Å²) in [6, 6.07) is 0. The van der Waals surface area contributed by atoms with Crippen molar-refractivity contribution in [2.24, 2.45) is 0 Å². The first-order valence-electron chi connectivity index (χ1n) is 7.67. The molecule has 170 valence electrons. The Kier molecular flexibility index (Phi) is 8.78. The van der Waals surface area contributed by atoms with Crippen molar-refractivity contribution in [3.8, 4) is 0 Å². The molecular weight excluding hydrogens is 430 g/mol. The summed E-state index contributed by atoms with van der Waals surface area (Å²) in [7, 11) is 0. The summed E-state index contributed by atoms with van der Waals surface area (Å²) in [5.41, 5.74) is 0. The fourth-order valence-corrected chi connectivity index (χ4v) is 1.58. The molecule has 0 rings (SSSR count). The molecule has 0 radical (unpaired) electrons. The highest BCUT2D eigenvalue weighted by Crippen LogP contribution is 2.43. The van der Waals surface area contributed by atoms with Crippen molar-refractivity contribution in [1.82, 2.24) is 15.5 Å². The minimum atomic E-state index is -6.48. The molecule has 0 atom stereocenters. The maximum atomic E-state index is 13.5. The van der Waals surface area contributed by atoms with Gasteiger partial charge in [0.1, 0.15) is 0 Å². The number of alkyl halides is 8. The highest BCUT2D eigenvalue weighted by Gasteiger charge is 2.69. The van der Waals surface area contributed by atoms with E-state index in [-0.39, 0.29) is 4.90 Å². The van der Waals surface area contributed by atoms with Gasteiger partial charge in [0.2, 0.25) is 5.91 Å². The maximum Gasteiger partial charge on any atom is 0.453 e. The number of halogens is 8. The van der Waals surface area contributed by atoms with Crippen LogP contribution in [0.15, 0.2) is 0 Å². The summed E-state index contributed by atoms with van der Waals surface area (Å²) in [5, 5.41) is 2.90. The minimum absolute atomic E-state index is 0.249. The number of ether oxygens (including phenoxy) is 2. The van der Waals surface area contributed by atoms with Crippen LogP contribution in [0.3, 0.4) is 0 Å². The van der Waals surface area contributed by atoms with Gasteiger partial charge >= 0.3 is 36.2 Å². The Balaban J connectivity index is 5.35. The maximum absolute atomic E-state index is 13.5. The van der Waals surface area contributed by atoms with Crippen LogP contribution in [0, 0.1) is 0 Å². The first kappa shape index (κ1) is 26.8. The average molecular weight is 447 g/mol. The summed E-state index contributed by atoms with van der Waals surface area (Å²) in [6.45, 7) is 1.34. The highest BCUT2D eigenvalue weighted by molar-refractivity contribution is 5.82. The summed E-state index contributed by atoms with van der Waals surface area (Å²) in [4.78, 5) is 33.2. The van der Waals surface area contributed by atoms with E-state index in [1.165, 1.54) is 0 Å². The number of amides is 3. The molecule has 0 aromatic carbocycles. The number of hydrogen-bond donors (Lipinski definition) is 2. The fraction of sp³-hybridized carbons (Fsp3) is 0.769. The van der Waals surface area contributed by atoms with Gasteiger partial charge in [-0.1, -0.05) is 0 Å². The Morgan fingerprint density at radius 3 is 1.59 bits per heavy atom. The van der Waals surface area contributed by atoms with Crippen LogP contribution in [-0.2, 0) is 23.9 Å². The lowest BCUT2D eigenvalue weighted by Gasteiger charge is -2.31. The van der Waals surface area contributed by atoms with Gasteiger partial charge in [-0.3, -0.25) is 14.4 Å². The number of carbonyl (C=O) groups is 3. The van der Waals surface area contributed by atoms with Crippen LogP contribution in [-0.4, -0.2) is 66.8 Å². The Morgan fingerprint density at radius 2 is 1.21 bits per heavy atom. The quantitative estimate of drug-likeness (QED) is 0.370. The van der Waals surface area contributed by atoms with Gasteiger partial charge in [-0.25, -0.2) is 9.47 Å². The van der Waals surface area contributed by atoms with Crippen molar-refractivity contribution in [3.63, 3.8) is 0 Å². The molecular formula is C13H17F8N3O5. The highest BCUT2D eigenvalue weighted by atomic mass is 19.3. The number of carbonyl (C=O) groups excluding carboxylic acids is 3. The third-order valence-electron chi connectivity index (χ3n) is 3.00. The molecule has 0 aliphatic heterocycles. The number of nitrogens with one attached hydrogen (secondary N) is 2. The van der Waals surface area contributed by atoms with Crippen molar-refractivity contribution in [2.45, 2.75) is 45.2 Å². The molecule has 2 N–H and O–H groups in total. The van der Waals surface area contributed by atoms with Gasteiger partial charge in [0.05, 0.1) is 6.67 Å². The Morgan fingerprint density at radius 1 is 0.793 bits per heavy atom. The molecule has 0 aliphatic carbocycles. The zero-order valence-corrected chi connectivity index (χ0v) is 15.1. The number of hydrogen-bond acceptors (Lipinski definition) is 5. The Labute approximate surface area is 158 Å². The molecule has 16 heteroatoms. The predicted molar refractivity (Wildman–Crippen MR) is 76.7 cm³/mol. The van der Waals surface area contributed by atoms with Crippen molar-refractivity contribution in [1.29, 1.82) is 0 Å². The topological polar surface area (TPSA) is 97.0 Å². The summed E-state index contributed by atoms with van der Waals surface area (Å²) >= 11 is 0. The van der Waals surface area contributed by atoms with Crippen LogP contribution in [0.2, 0.25) is 0 Å². The van der Waals surface area contributed by atoms with Crippen LogP contribution in [0.25, 0.3) is 0 Å². The zero-order chi connectivity index (χ0) is 23.3. The summed E-state index contributed by atoms with van der Waals surface area (Å²) in [6.07, 6.45) is -24.1. The predicted octanol–water partition coefficient (Wildman–Crippen LogP) is 1.47. The number of rotatable bonds is 11. The lowest BCUT2D eigenvalue weighted by atomic mass is 10.4. The molecule has 0 bridgehead atoms. The van der Waals surface area contributed by atoms with E-state index in [0.717, 1.165) is 26.1 Å². The molecule has 3 amide bonds. The molecule has 29 heavy (non-hydrogen) atoms. The minimum Gasteiger partial charge on any atom is -0.339 e. The molecule has 8 nitrogen and oxygen atoms in total. The zero-order valence-electron chi connectivity index (χ0n) is 15.1. The van der Waals surface area contributed by atoms with E-state index in [4.69, 9.17) is 0 Å². The Hall–Kier alpha value is -2.23. The van der Waals surface area contributed by atoms with Crippen LogP contribution in [0.4, 0.5) is 35.1 Å². The molecule has 0 saturated heterocycles. The molecule has 0 heterocycles. The largest absolute Gasteiger partial charge is 0.453 e. The molecule has 0 fully saturated rings. The second-order valence-corrected chi connectivity index (χ2v) is 5.16. The normalized spacial score (nSPS) is 13.1. The van der Waals surface area contributed by atoms with E-state index in [2.05, 4.69) is 9.47 Å². The van der Waals surface area contributed by atoms with Crippen molar-refractivity contribution in [2.75, 3.05) is 19.8 Å². The van der Waals surface area contributed by atoms with E-state index in [1.807, 2.05) is 0 Å². The van der Waals surface area contributed by atoms with Gasteiger partial charge in [-0.2, -0.15) is 35.1 Å².